The van der Waals surface area contributed by atoms with Crippen molar-refractivity contribution in [2.24, 2.45) is 0 Å². The normalized spacial score (nSPS) is 14.1. The summed E-state index contributed by atoms with van der Waals surface area (Å²) in [6.45, 7) is 2.35. The van der Waals surface area contributed by atoms with Gasteiger partial charge in [0.1, 0.15) is 12.7 Å². The number of rotatable bonds is 41. The third-order valence-electron chi connectivity index (χ3n) is 9.33. The lowest BCUT2D eigenvalue weighted by atomic mass is 10.1. The Hall–Kier alpha value is -1.55. The molecule has 0 radical (unpaired) electrons. The Balaban J connectivity index is 4.24. The molecule has 0 bridgehead atoms. The zero-order valence-corrected chi connectivity index (χ0v) is 35.3. The fourth-order valence-corrected chi connectivity index (χ4v) is 6.71. The molecule has 54 heavy (non-hydrogen) atoms. The van der Waals surface area contributed by atoms with Crippen molar-refractivity contribution >= 4 is 19.8 Å². The number of hydrogen-bond acceptors (Lipinski definition) is 9. The van der Waals surface area contributed by atoms with E-state index in [0.29, 0.717) is 12.8 Å². The number of hydrogen-bond donors (Lipinski definition) is 3. The molecule has 0 heterocycles. The highest BCUT2D eigenvalue weighted by molar-refractivity contribution is 7.47. The van der Waals surface area contributed by atoms with Gasteiger partial charge in [0, 0.05) is 12.8 Å². The molecule has 0 aromatic carbocycles. The molecule has 0 fully saturated rings. The summed E-state index contributed by atoms with van der Waals surface area (Å²) in [7, 11) is -4.61. The number of ether oxygens (including phenoxy) is 2. The second kappa shape index (κ2) is 39.7. The smallest absolute Gasteiger partial charge is 0.462 e. The van der Waals surface area contributed by atoms with E-state index in [-0.39, 0.29) is 19.4 Å². The van der Waals surface area contributed by atoms with Gasteiger partial charge in [0.2, 0.25) is 0 Å². The Morgan fingerprint density at radius 3 is 1.37 bits per heavy atom. The zero-order valence-electron chi connectivity index (χ0n) is 34.4. The Kier molecular flexibility index (Phi) is 38.5. The Bertz CT molecular complexity index is 957. The Morgan fingerprint density at radius 1 is 0.537 bits per heavy atom. The van der Waals surface area contributed by atoms with E-state index in [2.05, 4.69) is 42.7 Å². The molecule has 0 aliphatic carbocycles. The number of phosphoric ester groups is 1. The van der Waals surface area contributed by atoms with Crippen LogP contribution in [0.15, 0.2) is 24.3 Å². The molecular formula is C43H81O10P. The number of esters is 2. The Morgan fingerprint density at radius 2 is 0.907 bits per heavy atom. The molecule has 0 aromatic rings. The van der Waals surface area contributed by atoms with Crippen molar-refractivity contribution in [1.82, 2.24) is 0 Å². The summed E-state index contributed by atoms with van der Waals surface area (Å²) < 4.78 is 32.7. The topological polar surface area (TPSA) is 149 Å². The van der Waals surface area contributed by atoms with E-state index in [0.717, 1.165) is 57.8 Å². The number of phosphoric acid groups is 1. The van der Waals surface area contributed by atoms with Crippen molar-refractivity contribution in [3.8, 4) is 0 Å². The average molecular weight is 789 g/mol. The van der Waals surface area contributed by atoms with E-state index >= 15 is 0 Å². The van der Waals surface area contributed by atoms with E-state index in [9.17, 15) is 24.2 Å². The molecular weight excluding hydrogens is 707 g/mol. The Labute approximate surface area is 329 Å². The SMILES string of the molecule is CCCCC/C=C/CCCCCCCC(=O)O[C@@H](COC(=O)CCCCCCCCCCC/C=C/CCCCCCCC)COP(=O)(O)OC[C@H](O)CO. The molecule has 0 saturated heterocycles. The molecule has 0 saturated carbocycles. The molecule has 0 aliphatic heterocycles. The van der Waals surface area contributed by atoms with Crippen LogP contribution in [0.2, 0.25) is 0 Å². The number of allylic oxidation sites excluding steroid dienone is 4. The monoisotopic (exact) mass is 789 g/mol. The molecule has 3 N–H and O–H groups in total. The summed E-state index contributed by atoms with van der Waals surface area (Å²) in [5, 5.41) is 18.3. The molecule has 11 heteroatoms. The van der Waals surface area contributed by atoms with Crippen LogP contribution in [0.5, 0.6) is 0 Å². The van der Waals surface area contributed by atoms with Crippen LogP contribution in [-0.2, 0) is 32.7 Å². The number of carbonyl (C=O) groups excluding carboxylic acids is 2. The van der Waals surface area contributed by atoms with Crippen LogP contribution in [0.25, 0.3) is 0 Å². The lowest BCUT2D eigenvalue weighted by Gasteiger charge is -2.20. The van der Waals surface area contributed by atoms with Gasteiger partial charge in [0.25, 0.3) is 0 Å². The molecule has 0 aromatic heterocycles. The number of aliphatic hydroxyl groups excluding tert-OH is 2. The molecule has 0 amide bonds. The van der Waals surface area contributed by atoms with Gasteiger partial charge in [-0.1, -0.05) is 147 Å². The third-order valence-corrected chi connectivity index (χ3v) is 10.3. The summed E-state index contributed by atoms with van der Waals surface area (Å²) in [5.74, 6) is -0.933. The molecule has 0 rings (SSSR count). The van der Waals surface area contributed by atoms with Gasteiger partial charge in [0.15, 0.2) is 6.10 Å². The van der Waals surface area contributed by atoms with E-state index in [1.807, 2.05) is 0 Å². The van der Waals surface area contributed by atoms with Gasteiger partial charge < -0.3 is 24.6 Å². The minimum absolute atomic E-state index is 0.175. The first-order valence-corrected chi connectivity index (χ1v) is 23.3. The van der Waals surface area contributed by atoms with Crippen LogP contribution >= 0.6 is 7.82 Å². The summed E-state index contributed by atoms with van der Waals surface area (Å²) in [4.78, 5) is 34.9. The van der Waals surface area contributed by atoms with Crippen molar-refractivity contribution < 1.29 is 47.8 Å². The first-order valence-electron chi connectivity index (χ1n) is 21.8. The molecule has 0 spiro atoms. The van der Waals surface area contributed by atoms with E-state index in [1.165, 1.54) is 103 Å². The molecule has 318 valence electrons. The van der Waals surface area contributed by atoms with Gasteiger partial charge >= 0.3 is 19.8 Å². The first-order chi connectivity index (χ1) is 26.2. The van der Waals surface area contributed by atoms with Gasteiger partial charge in [-0.3, -0.25) is 18.6 Å². The third kappa shape index (κ3) is 38.7. The quantitative estimate of drug-likeness (QED) is 0.0236. The summed E-state index contributed by atoms with van der Waals surface area (Å²) in [6.07, 6.45) is 38.6. The van der Waals surface area contributed by atoms with Gasteiger partial charge in [-0.2, -0.15) is 0 Å². The molecule has 10 nitrogen and oxygen atoms in total. The molecule has 0 aliphatic rings. The first kappa shape index (κ1) is 52.5. The zero-order chi connectivity index (χ0) is 39.8. The van der Waals surface area contributed by atoms with Crippen molar-refractivity contribution in [3.05, 3.63) is 24.3 Å². The van der Waals surface area contributed by atoms with Crippen LogP contribution in [0.3, 0.4) is 0 Å². The van der Waals surface area contributed by atoms with Crippen molar-refractivity contribution in [3.63, 3.8) is 0 Å². The van der Waals surface area contributed by atoms with Crippen LogP contribution in [0, 0.1) is 0 Å². The standard InChI is InChI=1S/C43H81O10P/c1-3-5-7-9-11-13-15-17-18-19-20-21-22-23-25-26-28-30-32-34-42(46)50-38-41(39-52-54(48,49)51-37-40(45)36-44)53-43(47)35-33-31-29-27-24-16-14-12-10-8-6-4-2/h12,14,17-18,40-41,44-45H,3-11,13,15-16,19-39H2,1-2H3,(H,48,49)/b14-12+,18-17+/t40-,41+/m1/s1. The van der Waals surface area contributed by atoms with Crippen molar-refractivity contribution in [1.29, 1.82) is 0 Å². The predicted molar refractivity (Wildman–Crippen MR) is 219 cm³/mol. The maximum absolute atomic E-state index is 12.6. The lowest BCUT2D eigenvalue weighted by molar-refractivity contribution is -0.161. The number of carbonyl (C=O) groups is 2. The van der Waals surface area contributed by atoms with Gasteiger partial charge in [-0.05, 0) is 64.2 Å². The molecule has 1 unspecified atom stereocenters. The van der Waals surface area contributed by atoms with Crippen molar-refractivity contribution in [2.45, 2.75) is 212 Å². The van der Waals surface area contributed by atoms with Gasteiger partial charge in [-0.25, -0.2) is 4.57 Å². The maximum Gasteiger partial charge on any atom is 0.472 e. The summed E-state index contributed by atoms with van der Waals surface area (Å²) in [6, 6.07) is 0. The average Bonchev–Trinajstić information content (AvgIpc) is 3.16. The highest BCUT2D eigenvalue weighted by Gasteiger charge is 2.27. The number of aliphatic hydroxyl groups is 2. The van der Waals surface area contributed by atoms with E-state index in [1.54, 1.807) is 0 Å². The van der Waals surface area contributed by atoms with Crippen LogP contribution in [-0.4, -0.2) is 65.7 Å². The van der Waals surface area contributed by atoms with Crippen LogP contribution in [0.4, 0.5) is 0 Å². The van der Waals surface area contributed by atoms with Gasteiger partial charge in [0.05, 0.1) is 19.8 Å². The lowest BCUT2D eigenvalue weighted by Crippen LogP contribution is -2.29. The fraction of sp³-hybridized carbons (Fsp3) is 0.860. The fourth-order valence-electron chi connectivity index (χ4n) is 5.92. The van der Waals surface area contributed by atoms with E-state index in [4.69, 9.17) is 19.1 Å². The van der Waals surface area contributed by atoms with E-state index < -0.39 is 51.8 Å². The minimum Gasteiger partial charge on any atom is -0.462 e. The minimum atomic E-state index is -4.61. The highest BCUT2D eigenvalue weighted by atomic mass is 31.2. The number of unbranched alkanes of at least 4 members (excludes halogenated alkanes) is 23. The second-order valence-corrected chi connectivity index (χ2v) is 16.2. The molecule has 3 atom stereocenters. The van der Waals surface area contributed by atoms with Gasteiger partial charge in [-0.15, -0.1) is 0 Å². The predicted octanol–water partition coefficient (Wildman–Crippen LogP) is 11.4. The highest BCUT2D eigenvalue weighted by Crippen LogP contribution is 2.43. The van der Waals surface area contributed by atoms with Crippen LogP contribution in [0.1, 0.15) is 200 Å². The maximum atomic E-state index is 12.6. The summed E-state index contributed by atoms with van der Waals surface area (Å²) >= 11 is 0. The largest absolute Gasteiger partial charge is 0.472 e. The van der Waals surface area contributed by atoms with Crippen molar-refractivity contribution in [2.75, 3.05) is 26.4 Å². The summed E-state index contributed by atoms with van der Waals surface area (Å²) in [5.41, 5.74) is 0. The second-order valence-electron chi connectivity index (χ2n) is 14.7. The van der Waals surface area contributed by atoms with Crippen LogP contribution < -0.4 is 0 Å².